The maximum absolute atomic E-state index is 5.07. The Bertz CT molecular complexity index is 2730. The molecule has 3 heteroatoms. The molecule has 3 nitrogen and oxygen atoms in total. The first-order valence-electron chi connectivity index (χ1n) is 16.9. The fraction of sp³-hybridized carbons (Fsp3) is 0.0652. The van der Waals surface area contributed by atoms with Gasteiger partial charge >= 0.3 is 0 Å². The number of nitrogens with zero attached hydrogens (tertiary/aromatic N) is 3. The van der Waals surface area contributed by atoms with Crippen LogP contribution in [0, 0.1) is 0 Å². The number of hydrogen-bond acceptors (Lipinski definition) is 3. The quantitative estimate of drug-likeness (QED) is 0.183. The third-order valence-electron chi connectivity index (χ3n) is 10.4. The van der Waals surface area contributed by atoms with Crippen molar-refractivity contribution in [3.05, 3.63) is 163 Å². The Morgan fingerprint density at radius 3 is 1.45 bits per heavy atom. The lowest BCUT2D eigenvalue weighted by atomic mass is 9.80. The van der Waals surface area contributed by atoms with Crippen LogP contribution in [-0.4, -0.2) is 15.0 Å². The highest BCUT2D eigenvalue weighted by molar-refractivity contribution is 6.18. The highest BCUT2D eigenvalue weighted by Gasteiger charge is 2.35. The Hall–Kier alpha value is -6.19. The molecule has 0 aliphatic heterocycles. The molecule has 0 radical (unpaired) electrons. The van der Waals surface area contributed by atoms with Crippen molar-refractivity contribution in [1.29, 1.82) is 0 Å². The lowest BCUT2D eigenvalue weighted by molar-refractivity contribution is 0.663. The average molecular weight is 626 g/mol. The molecule has 0 amide bonds. The summed E-state index contributed by atoms with van der Waals surface area (Å²) in [6.45, 7) is 4.72. The number of hydrogen-bond donors (Lipinski definition) is 0. The molecular formula is C46H31N3. The van der Waals surface area contributed by atoms with Gasteiger partial charge in [0.25, 0.3) is 0 Å². The predicted molar refractivity (Wildman–Crippen MR) is 204 cm³/mol. The van der Waals surface area contributed by atoms with Gasteiger partial charge in [-0.1, -0.05) is 135 Å². The van der Waals surface area contributed by atoms with Crippen LogP contribution in [-0.2, 0) is 5.41 Å². The summed E-state index contributed by atoms with van der Waals surface area (Å²) in [7, 11) is 0. The Morgan fingerprint density at radius 2 is 0.837 bits per heavy atom. The lowest BCUT2D eigenvalue weighted by Crippen LogP contribution is -2.15. The normalized spacial score (nSPS) is 13.3. The first kappa shape index (κ1) is 27.9. The van der Waals surface area contributed by atoms with E-state index in [1.807, 2.05) is 36.4 Å². The highest BCUT2D eigenvalue weighted by atomic mass is 15.0. The van der Waals surface area contributed by atoms with Crippen LogP contribution < -0.4 is 0 Å². The number of rotatable bonds is 4. The minimum Gasteiger partial charge on any atom is -0.208 e. The van der Waals surface area contributed by atoms with Gasteiger partial charge in [-0.25, -0.2) is 15.0 Å². The summed E-state index contributed by atoms with van der Waals surface area (Å²) in [5.41, 5.74) is 7.91. The van der Waals surface area contributed by atoms with E-state index in [-0.39, 0.29) is 5.41 Å². The zero-order valence-electron chi connectivity index (χ0n) is 27.3. The average Bonchev–Trinajstić information content (AvgIpc) is 3.40. The van der Waals surface area contributed by atoms with Crippen molar-refractivity contribution >= 4 is 43.1 Å². The Morgan fingerprint density at radius 1 is 0.367 bits per heavy atom. The number of benzene rings is 8. The molecule has 0 bridgehead atoms. The van der Waals surface area contributed by atoms with E-state index in [0.29, 0.717) is 17.5 Å². The molecule has 1 aliphatic carbocycles. The van der Waals surface area contributed by atoms with E-state index in [1.54, 1.807) is 0 Å². The van der Waals surface area contributed by atoms with Crippen molar-refractivity contribution in [2.24, 2.45) is 0 Å². The first-order valence-corrected chi connectivity index (χ1v) is 16.9. The van der Waals surface area contributed by atoms with Gasteiger partial charge < -0.3 is 0 Å². The highest BCUT2D eigenvalue weighted by Crippen LogP contribution is 2.51. The molecule has 0 N–H and O–H groups in total. The van der Waals surface area contributed by atoms with Crippen molar-refractivity contribution in [3.8, 4) is 45.3 Å². The zero-order chi connectivity index (χ0) is 32.7. The second-order valence-corrected chi connectivity index (χ2v) is 13.7. The molecule has 0 atom stereocenters. The maximum atomic E-state index is 5.07. The zero-order valence-corrected chi connectivity index (χ0v) is 27.3. The molecule has 0 unspecified atom stereocenters. The molecule has 49 heavy (non-hydrogen) atoms. The lowest BCUT2D eigenvalue weighted by Gasteiger charge is -2.23. The molecule has 1 heterocycles. The standard InChI is InChI=1S/C46H31N3/c1-46(2)39-26-33(38-25-30-17-9-10-18-35(30)36-19-11-12-20-37(36)38)23-31-21-22-32-24-34(27-40(46)42(32)41(31)39)45-48-43(28-13-5-3-6-14-28)47-44(49-45)29-15-7-4-8-16-29/h3-27H,1-2H3. The fourth-order valence-electron chi connectivity index (χ4n) is 7.98. The summed E-state index contributed by atoms with van der Waals surface area (Å²) in [5.74, 6) is 2.03. The van der Waals surface area contributed by atoms with Crippen LogP contribution in [0.25, 0.3) is 88.4 Å². The first-order chi connectivity index (χ1) is 24.0. The monoisotopic (exact) mass is 625 g/mol. The molecular weight excluding hydrogens is 595 g/mol. The largest absolute Gasteiger partial charge is 0.208 e. The molecule has 8 aromatic carbocycles. The van der Waals surface area contributed by atoms with E-state index >= 15 is 0 Å². The molecule has 0 fully saturated rings. The van der Waals surface area contributed by atoms with Crippen LogP contribution >= 0.6 is 0 Å². The SMILES string of the molecule is CC1(C)c2cc(-c3nc(-c4ccccc4)nc(-c4ccccc4)n3)cc3ccc4cc(-c5cc6ccccc6c6ccccc56)cc1c4c23. The van der Waals surface area contributed by atoms with E-state index in [2.05, 4.69) is 129 Å². The van der Waals surface area contributed by atoms with Crippen LogP contribution in [0.1, 0.15) is 25.0 Å². The second kappa shape index (κ2) is 10.4. The van der Waals surface area contributed by atoms with Gasteiger partial charge in [0.05, 0.1) is 0 Å². The summed E-state index contributed by atoms with van der Waals surface area (Å²) in [5, 5.41) is 10.3. The van der Waals surface area contributed by atoms with Gasteiger partial charge in [0.15, 0.2) is 17.5 Å². The predicted octanol–water partition coefficient (Wildman–Crippen LogP) is 11.8. The van der Waals surface area contributed by atoms with Gasteiger partial charge in [-0.2, -0.15) is 0 Å². The summed E-state index contributed by atoms with van der Waals surface area (Å²) in [4.78, 5) is 15.1. The van der Waals surface area contributed by atoms with E-state index in [9.17, 15) is 0 Å². The van der Waals surface area contributed by atoms with E-state index < -0.39 is 0 Å². The van der Waals surface area contributed by atoms with Crippen molar-refractivity contribution in [1.82, 2.24) is 15.0 Å². The summed E-state index contributed by atoms with van der Waals surface area (Å²) in [6, 6.07) is 54.2. The van der Waals surface area contributed by atoms with Crippen molar-refractivity contribution in [2.75, 3.05) is 0 Å². The topological polar surface area (TPSA) is 38.7 Å². The van der Waals surface area contributed by atoms with Crippen molar-refractivity contribution in [2.45, 2.75) is 19.3 Å². The minimum atomic E-state index is -0.226. The summed E-state index contributed by atoms with van der Waals surface area (Å²) >= 11 is 0. The van der Waals surface area contributed by atoms with Gasteiger partial charge in [-0.05, 0) is 95.7 Å². The van der Waals surface area contributed by atoms with Gasteiger partial charge in [0.1, 0.15) is 0 Å². The Kier molecular flexibility index (Phi) is 5.92. The molecule has 9 aromatic rings. The van der Waals surface area contributed by atoms with Crippen molar-refractivity contribution in [3.63, 3.8) is 0 Å². The molecule has 230 valence electrons. The third-order valence-corrected chi connectivity index (χ3v) is 10.4. The minimum absolute atomic E-state index is 0.226. The number of fused-ring (bicyclic) bond motifs is 3. The molecule has 0 saturated heterocycles. The van der Waals surface area contributed by atoms with Crippen LogP contribution in [0.3, 0.4) is 0 Å². The Labute approximate surface area is 284 Å². The van der Waals surface area contributed by atoms with Crippen LogP contribution in [0.4, 0.5) is 0 Å². The van der Waals surface area contributed by atoms with Crippen LogP contribution in [0.2, 0.25) is 0 Å². The summed E-state index contributed by atoms with van der Waals surface area (Å²) in [6.07, 6.45) is 0. The Balaban J connectivity index is 1.17. The second-order valence-electron chi connectivity index (χ2n) is 13.7. The molecule has 1 aliphatic rings. The van der Waals surface area contributed by atoms with Gasteiger partial charge in [0, 0.05) is 22.1 Å². The molecule has 10 rings (SSSR count). The maximum Gasteiger partial charge on any atom is 0.164 e. The van der Waals surface area contributed by atoms with E-state index in [0.717, 1.165) is 16.7 Å². The van der Waals surface area contributed by atoms with Crippen molar-refractivity contribution < 1.29 is 0 Å². The molecule has 1 aromatic heterocycles. The smallest absolute Gasteiger partial charge is 0.164 e. The molecule has 0 spiro atoms. The van der Waals surface area contributed by atoms with E-state index in [4.69, 9.17) is 15.0 Å². The summed E-state index contributed by atoms with van der Waals surface area (Å²) < 4.78 is 0. The molecule has 0 saturated carbocycles. The van der Waals surface area contributed by atoms with Gasteiger partial charge in [-0.15, -0.1) is 0 Å². The fourth-order valence-corrected chi connectivity index (χ4v) is 7.98. The van der Waals surface area contributed by atoms with Crippen LogP contribution in [0.15, 0.2) is 152 Å². The van der Waals surface area contributed by atoms with Crippen LogP contribution in [0.5, 0.6) is 0 Å². The number of aromatic nitrogens is 3. The third kappa shape index (κ3) is 4.25. The van der Waals surface area contributed by atoms with Gasteiger partial charge in [0.2, 0.25) is 0 Å². The van der Waals surface area contributed by atoms with E-state index in [1.165, 1.54) is 65.3 Å². The van der Waals surface area contributed by atoms with Gasteiger partial charge in [-0.3, -0.25) is 0 Å².